The third-order valence-electron chi connectivity index (χ3n) is 4.68. The van der Waals surface area contributed by atoms with Crippen LogP contribution in [0.4, 0.5) is 5.69 Å². The summed E-state index contributed by atoms with van der Waals surface area (Å²) in [6, 6.07) is 5.72. The first kappa shape index (κ1) is 16.0. The molecule has 4 heterocycles. The van der Waals surface area contributed by atoms with E-state index >= 15 is 0 Å². The van der Waals surface area contributed by atoms with Crippen molar-refractivity contribution in [3.63, 3.8) is 0 Å². The van der Waals surface area contributed by atoms with Crippen LogP contribution >= 0.6 is 11.7 Å². The molecule has 0 radical (unpaired) electrons. The first-order valence-corrected chi connectivity index (χ1v) is 9.05. The Hall–Kier alpha value is -2.48. The van der Waals surface area contributed by atoms with Crippen molar-refractivity contribution in [3.05, 3.63) is 36.4 Å². The van der Waals surface area contributed by atoms with Crippen molar-refractivity contribution in [1.82, 2.24) is 18.6 Å². The number of carbonyl (C=O) groups is 1. The molecule has 3 aromatic heterocycles. The van der Waals surface area contributed by atoms with Gasteiger partial charge in [0.25, 0.3) is 0 Å². The Morgan fingerprint density at radius 1 is 1.36 bits per heavy atom. The largest absolute Gasteiger partial charge is 0.467 e. The van der Waals surface area contributed by atoms with Crippen molar-refractivity contribution in [1.29, 1.82) is 0 Å². The molecule has 0 aliphatic carbocycles. The molecular formula is C17H19N5O2S. The van der Waals surface area contributed by atoms with Crippen molar-refractivity contribution in [3.8, 4) is 0 Å². The van der Waals surface area contributed by atoms with Gasteiger partial charge in [0.15, 0.2) is 5.65 Å². The fraction of sp³-hybridized carbons (Fsp3) is 0.412. The molecule has 1 aliphatic heterocycles. The van der Waals surface area contributed by atoms with Crippen LogP contribution < -0.4 is 4.90 Å². The standard InChI is InChI=1S/C17H19N5O2S/c1-21(11-13-3-2-10-24-13)17(23)12-5-8-22(9-6-12)14-4-7-18-16-15(14)19-25-20-16/h2-4,7,10,12H,5-6,8-9,11H2,1H3. The number of furan rings is 1. The van der Waals surface area contributed by atoms with E-state index in [-0.39, 0.29) is 11.8 Å². The highest BCUT2D eigenvalue weighted by Crippen LogP contribution is 2.29. The van der Waals surface area contributed by atoms with Crippen LogP contribution in [-0.2, 0) is 11.3 Å². The zero-order chi connectivity index (χ0) is 17.2. The van der Waals surface area contributed by atoms with Gasteiger partial charge in [-0.2, -0.15) is 8.75 Å². The highest BCUT2D eigenvalue weighted by Gasteiger charge is 2.28. The van der Waals surface area contributed by atoms with Gasteiger partial charge in [0.2, 0.25) is 5.91 Å². The zero-order valence-electron chi connectivity index (χ0n) is 14.0. The van der Waals surface area contributed by atoms with Crippen LogP contribution in [0.1, 0.15) is 18.6 Å². The van der Waals surface area contributed by atoms with Gasteiger partial charge in [0, 0.05) is 32.3 Å². The van der Waals surface area contributed by atoms with E-state index in [0.717, 1.165) is 42.9 Å². The molecule has 0 saturated carbocycles. The topological polar surface area (TPSA) is 75.4 Å². The van der Waals surface area contributed by atoms with Crippen molar-refractivity contribution in [2.24, 2.45) is 5.92 Å². The molecule has 1 aliphatic rings. The lowest BCUT2D eigenvalue weighted by atomic mass is 9.95. The van der Waals surface area contributed by atoms with E-state index in [2.05, 4.69) is 18.6 Å². The molecule has 3 aromatic rings. The van der Waals surface area contributed by atoms with E-state index < -0.39 is 0 Å². The number of anilines is 1. The second-order valence-corrected chi connectivity index (χ2v) is 6.83. The Morgan fingerprint density at radius 2 is 2.20 bits per heavy atom. The quantitative estimate of drug-likeness (QED) is 0.714. The lowest BCUT2D eigenvalue weighted by Crippen LogP contribution is -2.41. The first-order valence-electron chi connectivity index (χ1n) is 8.32. The summed E-state index contributed by atoms with van der Waals surface area (Å²) < 4.78 is 13.9. The van der Waals surface area contributed by atoms with E-state index in [9.17, 15) is 4.79 Å². The van der Waals surface area contributed by atoms with Crippen molar-refractivity contribution in [2.45, 2.75) is 19.4 Å². The van der Waals surface area contributed by atoms with Crippen LogP contribution in [0.3, 0.4) is 0 Å². The second kappa shape index (κ2) is 6.79. The maximum atomic E-state index is 12.7. The van der Waals surface area contributed by atoms with Crippen LogP contribution in [0.25, 0.3) is 11.2 Å². The fourth-order valence-corrected chi connectivity index (χ4v) is 3.84. The number of hydrogen-bond donors (Lipinski definition) is 0. The molecular weight excluding hydrogens is 338 g/mol. The molecule has 0 N–H and O–H groups in total. The zero-order valence-corrected chi connectivity index (χ0v) is 14.8. The van der Waals surface area contributed by atoms with E-state index in [1.807, 2.05) is 25.2 Å². The monoisotopic (exact) mass is 357 g/mol. The minimum Gasteiger partial charge on any atom is -0.467 e. The van der Waals surface area contributed by atoms with Crippen LogP contribution in [0.5, 0.6) is 0 Å². The summed E-state index contributed by atoms with van der Waals surface area (Å²) in [6.07, 6.45) is 5.08. The molecule has 4 rings (SSSR count). The summed E-state index contributed by atoms with van der Waals surface area (Å²) in [6.45, 7) is 2.19. The van der Waals surface area contributed by atoms with E-state index in [4.69, 9.17) is 4.42 Å². The Labute approximate surface area is 149 Å². The van der Waals surface area contributed by atoms with Gasteiger partial charge < -0.3 is 14.2 Å². The van der Waals surface area contributed by atoms with Crippen molar-refractivity contribution in [2.75, 3.05) is 25.0 Å². The summed E-state index contributed by atoms with van der Waals surface area (Å²) in [5, 5.41) is 0. The maximum absolute atomic E-state index is 12.7. The highest BCUT2D eigenvalue weighted by molar-refractivity contribution is 7.00. The Bertz CT molecular complexity index is 855. The third kappa shape index (κ3) is 3.21. The number of amides is 1. The second-order valence-electron chi connectivity index (χ2n) is 6.30. The number of piperidine rings is 1. The number of fused-ring (bicyclic) bond motifs is 1. The molecule has 130 valence electrons. The molecule has 0 bridgehead atoms. The van der Waals surface area contributed by atoms with Gasteiger partial charge in [-0.15, -0.1) is 0 Å². The molecule has 0 aromatic carbocycles. The van der Waals surface area contributed by atoms with E-state index in [1.54, 1.807) is 17.4 Å². The lowest BCUT2D eigenvalue weighted by molar-refractivity contribution is -0.135. The van der Waals surface area contributed by atoms with Crippen molar-refractivity contribution >= 4 is 34.5 Å². The van der Waals surface area contributed by atoms with Crippen LogP contribution in [0, 0.1) is 5.92 Å². The summed E-state index contributed by atoms with van der Waals surface area (Å²) >= 11 is 1.18. The molecule has 8 heteroatoms. The highest BCUT2D eigenvalue weighted by atomic mass is 32.1. The fourth-order valence-electron chi connectivity index (χ4n) is 3.34. The average molecular weight is 357 g/mol. The van der Waals surface area contributed by atoms with Crippen LogP contribution in [-0.4, -0.2) is 44.7 Å². The van der Waals surface area contributed by atoms with Gasteiger partial charge in [0.1, 0.15) is 11.3 Å². The number of carbonyl (C=O) groups excluding carboxylic acids is 1. The Balaban J connectivity index is 1.39. The molecule has 0 atom stereocenters. The van der Waals surface area contributed by atoms with Gasteiger partial charge in [-0.1, -0.05) is 0 Å². The number of nitrogens with zero attached hydrogens (tertiary/aromatic N) is 5. The van der Waals surface area contributed by atoms with Gasteiger partial charge in [-0.05, 0) is 31.0 Å². The lowest BCUT2D eigenvalue weighted by Gasteiger charge is -2.34. The summed E-state index contributed by atoms with van der Waals surface area (Å²) in [7, 11) is 1.84. The predicted octanol–water partition coefficient (Wildman–Crippen LogP) is 2.55. The molecule has 25 heavy (non-hydrogen) atoms. The minimum atomic E-state index is 0.0575. The molecule has 0 unspecified atom stereocenters. The summed E-state index contributed by atoms with van der Waals surface area (Å²) in [4.78, 5) is 21.0. The minimum absolute atomic E-state index is 0.0575. The Morgan fingerprint density at radius 3 is 2.96 bits per heavy atom. The number of pyridine rings is 1. The molecule has 0 spiro atoms. The molecule has 1 fully saturated rings. The SMILES string of the molecule is CN(Cc1ccco1)C(=O)C1CCN(c2ccnc3nsnc23)CC1. The first-order chi connectivity index (χ1) is 12.2. The van der Waals surface area contributed by atoms with Crippen molar-refractivity contribution < 1.29 is 9.21 Å². The normalized spacial score (nSPS) is 15.6. The third-order valence-corrected chi connectivity index (χ3v) is 5.20. The van der Waals surface area contributed by atoms with Gasteiger partial charge >= 0.3 is 0 Å². The molecule has 1 amide bonds. The predicted molar refractivity (Wildman–Crippen MR) is 95.3 cm³/mol. The molecule has 1 saturated heterocycles. The van der Waals surface area contributed by atoms with Gasteiger partial charge in [-0.25, -0.2) is 4.98 Å². The maximum Gasteiger partial charge on any atom is 0.225 e. The summed E-state index contributed by atoms with van der Waals surface area (Å²) in [5.41, 5.74) is 2.61. The Kier molecular flexibility index (Phi) is 4.35. The summed E-state index contributed by atoms with van der Waals surface area (Å²) in [5.74, 6) is 1.05. The average Bonchev–Trinajstić information content (AvgIpc) is 3.32. The number of aromatic nitrogens is 3. The van der Waals surface area contributed by atoms with E-state index in [1.165, 1.54) is 11.7 Å². The van der Waals surface area contributed by atoms with Gasteiger partial charge in [-0.3, -0.25) is 4.79 Å². The van der Waals surface area contributed by atoms with Crippen LogP contribution in [0.15, 0.2) is 35.1 Å². The van der Waals surface area contributed by atoms with E-state index in [0.29, 0.717) is 12.2 Å². The number of rotatable bonds is 4. The van der Waals surface area contributed by atoms with Crippen LogP contribution in [0.2, 0.25) is 0 Å². The molecule has 7 nitrogen and oxygen atoms in total. The smallest absolute Gasteiger partial charge is 0.225 e. The van der Waals surface area contributed by atoms with Gasteiger partial charge in [0.05, 0.1) is 30.2 Å². The number of hydrogen-bond acceptors (Lipinski definition) is 7.